The molecule has 134 valence electrons. The first kappa shape index (κ1) is 16.6. The molecule has 0 aliphatic carbocycles. The van der Waals surface area contributed by atoms with Crippen LogP contribution in [0, 0.1) is 0 Å². The number of rotatable bonds is 3. The normalized spacial score (nSPS) is 11.9. The second-order valence-electron chi connectivity index (χ2n) is 6.40. The molecule has 0 spiro atoms. The fourth-order valence-electron chi connectivity index (χ4n) is 3.10. The molecule has 28 heavy (non-hydrogen) atoms. The van der Waals surface area contributed by atoms with E-state index in [-0.39, 0.29) is 5.56 Å². The minimum atomic E-state index is -0.137. The SMILES string of the molecule is O=c1/c(=C/c2ccc(-c3ccccc3)cc2)sc2nc(-c3ccccc3)nn12. The minimum absolute atomic E-state index is 0.137. The molecule has 0 aliphatic heterocycles. The van der Waals surface area contributed by atoms with E-state index < -0.39 is 0 Å². The monoisotopic (exact) mass is 381 g/mol. The van der Waals surface area contributed by atoms with Gasteiger partial charge in [0.2, 0.25) is 4.96 Å². The van der Waals surface area contributed by atoms with Gasteiger partial charge in [-0.05, 0) is 22.8 Å². The summed E-state index contributed by atoms with van der Waals surface area (Å²) < 4.78 is 2.01. The predicted molar refractivity (Wildman–Crippen MR) is 113 cm³/mol. The third-order valence-corrected chi connectivity index (χ3v) is 5.49. The van der Waals surface area contributed by atoms with Crippen molar-refractivity contribution in [2.75, 3.05) is 0 Å². The van der Waals surface area contributed by atoms with Crippen molar-refractivity contribution >= 4 is 22.4 Å². The fourth-order valence-corrected chi connectivity index (χ4v) is 4.00. The van der Waals surface area contributed by atoms with E-state index in [4.69, 9.17) is 0 Å². The van der Waals surface area contributed by atoms with Gasteiger partial charge in [-0.25, -0.2) is 0 Å². The smallest absolute Gasteiger partial charge is 0.266 e. The number of benzene rings is 3. The van der Waals surface area contributed by atoms with Crippen molar-refractivity contribution in [3.63, 3.8) is 0 Å². The van der Waals surface area contributed by atoms with Gasteiger partial charge >= 0.3 is 0 Å². The second kappa shape index (κ2) is 6.87. The molecule has 0 saturated carbocycles. The first-order chi connectivity index (χ1) is 13.8. The molecule has 0 atom stereocenters. The van der Waals surface area contributed by atoms with Gasteiger partial charge in [0.15, 0.2) is 5.82 Å². The lowest BCUT2D eigenvalue weighted by molar-refractivity contribution is 0.937. The largest absolute Gasteiger partial charge is 0.291 e. The molecule has 2 aromatic heterocycles. The Kier molecular flexibility index (Phi) is 4.07. The van der Waals surface area contributed by atoms with Crippen LogP contribution in [0.1, 0.15) is 5.56 Å². The van der Waals surface area contributed by atoms with Gasteiger partial charge in [-0.15, -0.1) is 5.10 Å². The maximum atomic E-state index is 12.7. The van der Waals surface area contributed by atoms with Crippen molar-refractivity contribution in [3.8, 4) is 22.5 Å². The van der Waals surface area contributed by atoms with Gasteiger partial charge in [-0.1, -0.05) is 96.3 Å². The summed E-state index contributed by atoms with van der Waals surface area (Å²) in [6.45, 7) is 0. The summed E-state index contributed by atoms with van der Waals surface area (Å²) in [5.41, 5.74) is 4.06. The van der Waals surface area contributed by atoms with E-state index in [1.165, 1.54) is 21.4 Å². The third-order valence-electron chi connectivity index (χ3n) is 4.53. The van der Waals surface area contributed by atoms with Crippen LogP contribution in [-0.2, 0) is 0 Å². The quantitative estimate of drug-likeness (QED) is 0.474. The molecular weight excluding hydrogens is 366 g/mol. The topological polar surface area (TPSA) is 47.3 Å². The van der Waals surface area contributed by atoms with Crippen LogP contribution in [0.3, 0.4) is 0 Å². The van der Waals surface area contributed by atoms with Crippen molar-refractivity contribution in [1.82, 2.24) is 14.6 Å². The van der Waals surface area contributed by atoms with Crippen molar-refractivity contribution in [1.29, 1.82) is 0 Å². The van der Waals surface area contributed by atoms with Crippen LogP contribution in [0.5, 0.6) is 0 Å². The molecule has 4 nitrogen and oxygen atoms in total. The highest BCUT2D eigenvalue weighted by molar-refractivity contribution is 7.15. The molecule has 0 aliphatic rings. The van der Waals surface area contributed by atoms with E-state index in [9.17, 15) is 4.79 Å². The Morgan fingerprint density at radius 2 is 1.36 bits per heavy atom. The molecule has 5 aromatic rings. The van der Waals surface area contributed by atoms with E-state index in [1.54, 1.807) is 0 Å². The van der Waals surface area contributed by atoms with Gasteiger partial charge in [-0.2, -0.15) is 9.50 Å². The van der Waals surface area contributed by atoms with Crippen LogP contribution >= 0.6 is 11.3 Å². The third kappa shape index (κ3) is 3.02. The van der Waals surface area contributed by atoms with Crippen molar-refractivity contribution in [2.45, 2.75) is 0 Å². The highest BCUT2D eigenvalue weighted by Crippen LogP contribution is 2.19. The Hall–Kier alpha value is -3.57. The number of thiazole rings is 1. The first-order valence-corrected chi connectivity index (χ1v) is 9.72. The Morgan fingerprint density at radius 3 is 2.00 bits per heavy atom. The highest BCUT2D eigenvalue weighted by atomic mass is 32.1. The summed E-state index contributed by atoms with van der Waals surface area (Å²) in [6.07, 6.45) is 1.89. The van der Waals surface area contributed by atoms with Crippen LogP contribution in [0.15, 0.2) is 89.7 Å². The maximum absolute atomic E-state index is 12.7. The average Bonchev–Trinajstić information content (AvgIpc) is 3.30. The Balaban J connectivity index is 1.51. The van der Waals surface area contributed by atoms with Gasteiger partial charge in [0.1, 0.15) is 0 Å². The van der Waals surface area contributed by atoms with Crippen molar-refractivity contribution in [2.24, 2.45) is 0 Å². The standard InChI is InChI=1S/C23H15N3OS/c27-22-20(15-16-11-13-18(14-12-16)17-7-3-1-4-8-17)28-23-24-21(25-26(22)23)19-9-5-2-6-10-19/h1-15H/b20-15-. The zero-order valence-corrected chi connectivity index (χ0v) is 15.6. The van der Waals surface area contributed by atoms with E-state index in [0.717, 1.165) is 16.7 Å². The zero-order valence-electron chi connectivity index (χ0n) is 14.8. The number of hydrogen-bond donors (Lipinski definition) is 0. The lowest BCUT2D eigenvalue weighted by Crippen LogP contribution is -2.23. The summed E-state index contributed by atoms with van der Waals surface area (Å²) in [5.74, 6) is 0.572. The molecule has 3 aromatic carbocycles. The number of fused-ring (bicyclic) bond motifs is 1. The van der Waals surface area contributed by atoms with Crippen LogP contribution in [0.4, 0.5) is 0 Å². The molecule has 0 unspecified atom stereocenters. The molecule has 0 N–H and O–H groups in total. The van der Waals surface area contributed by atoms with Crippen LogP contribution in [0.25, 0.3) is 33.6 Å². The lowest BCUT2D eigenvalue weighted by Gasteiger charge is -2.01. The van der Waals surface area contributed by atoms with Crippen LogP contribution in [0.2, 0.25) is 0 Å². The maximum Gasteiger partial charge on any atom is 0.291 e. The van der Waals surface area contributed by atoms with Gasteiger partial charge in [0.25, 0.3) is 5.56 Å². The van der Waals surface area contributed by atoms with Gasteiger partial charge in [-0.3, -0.25) is 4.79 Å². The van der Waals surface area contributed by atoms with Crippen LogP contribution < -0.4 is 10.1 Å². The average molecular weight is 381 g/mol. The summed E-state index contributed by atoms with van der Waals surface area (Å²) in [6, 6.07) is 28.1. The van der Waals surface area contributed by atoms with E-state index in [0.29, 0.717) is 15.3 Å². The summed E-state index contributed by atoms with van der Waals surface area (Å²) in [7, 11) is 0. The molecule has 0 saturated heterocycles. The van der Waals surface area contributed by atoms with E-state index in [2.05, 4.69) is 34.3 Å². The molecule has 0 fully saturated rings. The number of hydrogen-bond acceptors (Lipinski definition) is 4. The number of aromatic nitrogens is 3. The minimum Gasteiger partial charge on any atom is -0.266 e. The fraction of sp³-hybridized carbons (Fsp3) is 0. The number of nitrogens with zero attached hydrogens (tertiary/aromatic N) is 3. The first-order valence-electron chi connectivity index (χ1n) is 8.90. The lowest BCUT2D eigenvalue weighted by atomic mass is 10.0. The summed E-state index contributed by atoms with van der Waals surface area (Å²) >= 11 is 1.36. The Labute approximate surface area is 165 Å². The molecule has 5 heteroatoms. The second-order valence-corrected chi connectivity index (χ2v) is 7.41. The Morgan fingerprint density at radius 1 is 0.750 bits per heavy atom. The molecule has 0 radical (unpaired) electrons. The molecule has 2 heterocycles. The van der Waals surface area contributed by atoms with E-state index in [1.807, 2.05) is 66.7 Å². The predicted octanol–water partition coefficient (Wildman–Crippen LogP) is 4.03. The molecule has 0 amide bonds. The highest BCUT2D eigenvalue weighted by Gasteiger charge is 2.11. The Bertz CT molecular complexity index is 1350. The van der Waals surface area contributed by atoms with Crippen molar-refractivity contribution < 1.29 is 0 Å². The van der Waals surface area contributed by atoms with Gasteiger partial charge in [0.05, 0.1) is 4.53 Å². The van der Waals surface area contributed by atoms with E-state index >= 15 is 0 Å². The molecular formula is C23H15N3OS. The summed E-state index contributed by atoms with van der Waals surface area (Å²) in [5, 5.41) is 4.38. The summed E-state index contributed by atoms with van der Waals surface area (Å²) in [4.78, 5) is 17.8. The van der Waals surface area contributed by atoms with Crippen molar-refractivity contribution in [3.05, 3.63) is 105 Å². The van der Waals surface area contributed by atoms with Crippen LogP contribution in [-0.4, -0.2) is 14.6 Å². The molecule has 0 bridgehead atoms. The molecule has 5 rings (SSSR count). The van der Waals surface area contributed by atoms with Gasteiger partial charge in [0, 0.05) is 5.56 Å². The van der Waals surface area contributed by atoms with Gasteiger partial charge < -0.3 is 0 Å². The zero-order chi connectivity index (χ0) is 18.9.